The molecule has 0 aliphatic carbocycles. The van der Waals surface area contributed by atoms with Gasteiger partial charge in [0, 0.05) is 30.8 Å². The lowest BCUT2D eigenvalue weighted by atomic mass is 10.1. The van der Waals surface area contributed by atoms with Crippen molar-refractivity contribution in [1.29, 1.82) is 0 Å². The number of ether oxygens (including phenoxy) is 2. The Kier molecular flexibility index (Phi) is 5.70. The van der Waals surface area contributed by atoms with Crippen molar-refractivity contribution in [2.45, 2.75) is 42.9 Å². The fraction of sp³-hybridized carbons (Fsp3) is 0.500. The second kappa shape index (κ2) is 7.99. The number of likely N-dealkylation sites (tertiary alicyclic amines) is 1. The highest BCUT2D eigenvalue weighted by Gasteiger charge is 2.27. The first-order valence-electron chi connectivity index (χ1n) is 8.72. The second-order valence-corrected chi connectivity index (χ2v) is 7.63. The molecule has 3 rings (SSSR count). The van der Waals surface area contributed by atoms with Gasteiger partial charge in [0.2, 0.25) is 5.91 Å². The zero-order chi connectivity index (χ0) is 18.7. The fourth-order valence-electron chi connectivity index (χ4n) is 2.93. The highest BCUT2D eigenvalue weighted by atomic mass is 32.2. The van der Waals surface area contributed by atoms with E-state index in [-0.39, 0.29) is 23.4 Å². The first kappa shape index (κ1) is 18.6. The first-order valence-corrected chi connectivity index (χ1v) is 9.60. The van der Waals surface area contributed by atoms with E-state index in [1.54, 1.807) is 24.0 Å². The van der Waals surface area contributed by atoms with Gasteiger partial charge in [-0.05, 0) is 32.0 Å². The van der Waals surface area contributed by atoms with Crippen molar-refractivity contribution in [2.75, 3.05) is 25.0 Å². The maximum Gasteiger partial charge on any atom is 0.409 e. The molecule has 0 unspecified atom stereocenters. The van der Waals surface area contributed by atoms with Gasteiger partial charge in [-0.25, -0.2) is 9.59 Å². The monoisotopic (exact) mass is 378 g/mol. The number of carbonyl (C=O) groups is 3. The van der Waals surface area contributed by atoms with Crippen LogP contribution in [0.15, 0.2) is 23.1 Å². The zero-order valence-electron chi connectivity index (χ0n) is 14.8. The minimum atomic E-state index is -0.416. The molecular formula is C18H22N2O5S. The van der Waals surface area contributed by atoms with Crippen LogP contribution in [0.3, 0.4) is 0 Å². The van der Waals surface area contributed by atoms with Crippen molar-refractivity contribution in [3.63, 3.8) is 0 Å². The van der Waals surface area contributed by atoms with E-state index in [1.165, 1.54) is 11.8 Å². The summed E-state index contributed by atoms with van der Waals surface area (Å²) >= 11 is 1.47. The first-order chi connectivity index (χ1) is 12.5. The van der Waals surface area contributed by atoms with Crippen LogP contribution in [0.25, 0.3) is 0 Å². The van der Waals surface area contributed by atoms with Crippen LogP contribution < -0.4 is 5.32 Å². The third-order valence-corrected chi connectivity index (χ3v) is 5.57. The molecule has 1 aromatic carbocycles. The van der Waals surface area contributed by atoms with Crippen LogP contribution >= 0.6 is 11.8 Å². The molecule has 1 saturated heterocycles. The van der Waals surface area contributed by atoms with Crippen molar-refractivity contribution < 1.29 is 23.9 Å². The number of thioether (sulfide) groups is 1. The molecule has 2 aliphatic heterocycles. The third-order valence-electron chi connectivity index (χ3n) is 4.39. The number of nitrogens with one attached hydrogen (secondary N) is 1. The number of esters is 1. The van der Waals surface area contributed by atoms with Crippen molar-refractivity contribution in [1.82, 2.24) is 4.90 Å². The van der Waals surface area contributed by atoms with Crippen LogP contribution in [0, 0.1) is 0 Å². The SMILES string of the molecule is CCOC(=O)N1CCC(OC(=O)c2ccc3c(c2)NC(=O)[C@@H](C)S3)CC1. The summed E-state index contributed by atoms with van der Waals surface area (Å²) in [6.07, 6.45) is 0.613. The fourth-order valence-corrected chi connectivity index (χ4v) is 3.86. The molecule has 26 heavy (non-hydrogen) atoms. The summed E-state index contributed by atoms with van der Waals surface area (Å²) in [5, 5.41) is 2.66. The molecule has 2 heterocycles. The number of benzene rings is 1. The lowest BCUT2D eigenvalue weighted by Gasteiger charge is -2.31. The minimum absolute atomic E-state index is 0.0700. The van der Waals surface area contributed by atoms with Crippen molar-refractivity contribution in [3.05, 3.63) is 23.8 Å². The molecule has 0 aromatic heterocycles. The summed E-state index contributed by atoms with van der Waals surface area (Å²) < 4.78 is 10.5. The number of piperidine rings is 1. The zero-order valence-corrected chi connectivity index (χ0v) is 15.6. The highest BCUT2D eigenvalue weighted by molar-refractivity contribution is 8.00. The van der Waals surface area contributed by atoms with Crippen molar-refractivity contribution >= 4 is 35.4 Å². The van der Waals surface area contributed by atoms with E-state index < -0.39 is 5.97 Å². The number of fused-ring (bicyclic) bond motifs is 1. The lowest BCUT2D eigenvalue weighted by molar-refractivity contribution is -0.115. The standard InChI is InChI=1S/C18H22N2O5S/c1-3-24-18(23)20-8-6-13(7-9-20)25-17(22)12-4-5-15-14(10-12)19-16(21)11(2)26-15/h4-5,10-11,13H,3,6-9H2,1-2H3,(H,19,21)/t11-/m1/s1. The molecule has 0 bridgehead atoms. The van der Waals surface area contributed by atoms with Gasteiger partial charge >= 0.3 is 12.1 Å². The number of rotatable bonds is 3. The van der Waals surface area contributed by atoms with Gasteiger partial charge in [-0.1, -0.05) is 0 Å². The second-order valence-electron chi connectivity index (χ2n) is 6.25. The summed E-state index contributed by atoms with van der Waals surface area (Å²) in [7, 11) is 0. The largest absolute Gasteiger partial charge is 0.459 e. The van der Waals surface area contributed by atoms with Gasteiger partial charge in [0.15, 0.2) is 0 Å². The Morgan fingerprint density at radius 2 is 2.04 bits per heavy atom. The molecule has 2 amide bonds. The molecule has 140 valence electrons. The normalized spacial score (nSPS) is 20.2. The summed E-state index contributed by atoms with van der Waals surface area (Å²) in [4.78, 5) is 38.5. The van der Waals surface area contributed by atoms with E-state index in [0.717, 1.165) is 4.90 Å². The molecule has 0 spiro atoms. The maximum absolute atomic E-state index is 12.4. The average Bonchev–Trinajstić information content (AvgIpc) is 2.63. The van der Waals surface area contributed by atoms with Crippen LogP contribution in [-0.4, -0.2) is 53.9 Å². The average molecular weight is 378 g/mol. The van der Waals surface area contributed by atoms with Crippen LogP contribution in [-0.2, 0) is 14.3 Å². The maximum atomic E-state index is 12.4. The van der Waals surface area contributed by atoms with Gasteiger partial charge in [-0.2, -0.15) is 0 Å². The molecule has 1 N–H and O–H groups in total. The summed E-state index contributed by atoms with van der Waals surface area (Å²) in [5.74, 6) is -0.486. The van der Waals surface area contributed by atoms with Gasteiger partial charge in [0.1, 0.15) is 6.10 Å². The van der Waals surface area contributed by atoms with Gasteiger partial charge in [0.25, 0.3) is 0 Å². The predicted octanol–water partition coefficient (Wildman–Crippen LogP) is 2.90. The Bertz CT molecular complexity index is 716. The molecule has 0 radical (unpaired) electrons. The summed E-state index contributed by atoms with van der Waals surface area (Å²) in [5.41, 5.74) is 1.05. The molecule has 1 atom stereocenters. The van der Waals surface area contributed by atoms with E-state index >= 15 is 0 Å². The number of anilines is 1. The third kappa shape index (κ3) is 4.12. The molecule has 0 saturated carbocycles. The van der Waals surface area contributed by atoms with E-state index in [9.17, 15) is 14.4 Å². The quantitative estimate of drug-likeness (QED) is 0.814. The molecule has 8 heteroatoms. The Morgan fingerprint density at radius 1 is 1.31 bits per heavy atom. The highest BCUT2D eigenvalue weighted by Crippen LogP contribution is 2.36. The van der Waals surface area contributed by atoms with Gasteiger partial charge in [-0.15, -0.1) is 11.8 Å². The number of amides is 2. The Morgan fingerprint density at radius 3 is 2.73 bits per heavy atom. The molecular weight excluding hydrogens is 356 g/mol. The number of hydrogen-bond acceptors (Lipinski definition) is 6. The Labute approximate surface area is 156 Å². The molecule has 1 fully saturated rings. The minimum Gasteiger partial charge on any atom is -0.459 e. The van der Waals surface area contributed by atoms with E-state index in [0.29, 0.717) is 43.8 Å². The van der Waals surface area contributed by atoms with E-state index in [4.69, 9.17) is 9.47 Å². The van der Waals surface area contributed by atoms with Crippen LogP contribution in [0.2, 0.25) is 0 Å². The van der Waals surface area contributed by atoms with Crippen LogP contribution in [0.5, 0.6) is 0 Å². The van der Waals surface area contributed by atoms with Crippen LogP contribution in [0.4, 0.5) is 10.5 Å². The Balaban J connectivity index is 1.57. The summed E-state index contributed by atoms with van der Waals surface area (Å²) in [6.45, 7) is 4.97. The van der Waals surface area contributed by atoms with Gasteiger partial charge in [0.05, 0.1) is 23.1 Å². The number of nitrogens with zero attached hydrogens (tertiary/aromatic N) is 1. The number of hydrogen-bond donors (Lipinski definition) is 1. The van der Waals surface area contributed by atoms with Crippen molar-refractivity contribution in [2.24, 2.45) is 0 Å². The lowest BCUT2D eigenvalue weighted by Crippen LogP contribution is -2.41. The van der Waals surface area contributed by atoms with Crippen molar-refractivity contribution in [3.8, 4) is 0 Å². The van der Waals surface area contributed by atoms with E-state index in [1.807, 2.05) is 13.0 Å². The van der Waals surface area contributed by atoms with Gasteiger partial charge in [-0.3, -0.25) is 4.79 Å². The van der Waals surface area contributed by atoms with Crippen LogP contribution in [0.1, 0.15) is 37.0 Å². The van der Waals surface area contributed by atoms with E-state index in [2.05, 4.69) is 5.32 Å². The molecule has 1 aromatic rings. The summed E-state index contributed by atoms with van der Waals surface area (Å²) in [6, 6.07) is 5.20. The Hall–Kier alpha value is -2.22. The topological polar surface area (TPSA) is 84.9 Å². The predicted molar refractivity (Wildman–Crippen MR) is 97.4 cm³/mol. The molecule has 2 aliphatic rings. The van der Waals surface area contributed by atoms with Gasteiger partial charge < -0.3 is 19.7 Å². The molecule has 7 nitrogen and oxygen atoms in total. The smallest absolute Gasteiger partial charge is 0.409 e. The number of carbonyl (C=O) groups excluding carboxylic acids is 3.